The molecule has 0 N–H and O–H groups in total. The molecule has 1 unspecified atom stereocenters. The average Bonchev–Trinajstić information content (AvgIpc) is 2.80. The zero-order valence-corrected chi connectivity index (χ0v) is 10.4. The maximum absolute atomic E-state index is 12.2. The van der Waals surface area contributed by atoms with E-state index in [0.29, 0.717) is 17.1 Å². The first-order chi connectivity index (χ1) is 8.13. The normalized spacial score (nSPS) is 19.1. The second-order valence-corrected chi connectivity index (χ2v) is 4.66. The number of likely N-dealkylation sites (tertiary alicyclic amines) is 1. The third kappa shape index (κ3) is 2.27. The Morgan fingerprint density at radius 2 is 2.35 bits per heavy atom. The maximum atomic E-state index is 12.2. The lowest BCUT2D eigenvalue weighted by Crippen LogP contribution is -2.34. The lowest BCUT2D eigenvalue weighted by molar-refractivity contribution is 0.0765. The average molecular weight is 249 g/mol. The van der Waals surface area contributed by atoms with E-state index in [1.165, 1.54) is 0 Å². The van der Waals surface area contributed by atoms with E-state index in [9.17, 15) is 4.79 Å². The van der Waals surface area contributed by atoms with E-state index in [1.807, 2.05) is 13.0 Å². The zero-order valence-electron chi connectivity index (χ0n) is 9.61. The van der Waals surface area contributed by atoms with Crippen molar-refractivity contribution in [3.05, 3.63) is 34.3 Å². The highest BCUT2D eigenvalue weighted by molar-refractivity contribution is 6.31. The van der Waals surface area contributed by atoms with Crippen LogP contribution in [0.2, 0.25) is 5.02 Å². The van der Waals surface area contributed by atoms with E-state index >= 15 is 0 Å². The van der Waals surface area contributed by atoms with Gasteiger partial charge in [0.15, 0.2) is 0 Å². The molecule has 0 bridgehead atoms. The van der Waals surface area contributed by atoms with Gasteiger partial charge in [0, 0.05) is 17.1 Å². The van der Waals surface area contributed by atoms with Crippen LogP contribution in [0.1, 0.15) is 28.8 Å². The number of carbonyl (C=O) groups is 1. The number of benzene rings is 1. The van der Waals surface area contributed by atoms with Gasteiger partial charge < -0.3 is 4.90 Å². The number of nitrogens with zero attached hydrogens (tertiary/aromatic N) is 2. The topological polar surface area (TPSA) is 44.1 Å². The molecule has 0 radical (unpaired) electrons. The molecule has 0 spiro atoms. The van der Waals surface area contributed by atoms with Gasteiger partial charge in [0.2, 0.25) is 0 Å². The van der Waals surface area contributed by atoms with Crippen LogP contribution in [-0.4, -0.2) is 23.4 Å². The Bertz CT molecular complexity index is 493. The Balaban J connectivity index is 2.25. The SMILES string of the molecule is Cc1ccc(C(=O)N2CCCC2C#N)cc1Cl. The van der Waals surface area contributed by atoms with Crippen molar-refractivity contribution in [3.63, 3.8) is 0 Å². The summed E-state index contributed by atoms with van der Waals surface area (Å²) in [5.74, 6) is -0.101. The van der Waals surface area contributed by atoms with Gasteiger partial charge in [-0.1, -0.05) is 17.7 Å². The third-order valence-electron chi connectivity index (χ3n) is 3.08. The first-order valence-electron chi connectivity index (χ1n) is 5.60. The summed E-state index contributed by atoms with van der Waals surface area (Å²) in [6, 6.07) is 7.13. The molecule has 4 heteroatoms. The molecule has 1 amide bonds. The summed E-state index contributed by atoms with van der Waals surface area (Å²) < 4.78 is 0. The van der Waals surface area contributed by atoms with Crippen molar-refractivity contribution >= 4 is 17.5 Å². The second-order valence-electron chi connectivity index (χ2n) is 4.25. The summed E-state index contributed by atoms with van der Waals surface area (Å²) in [5, 5.41) is 9.55. The standard InChI is InChI=1S/C13H13ClN2O/c1-9-4-5-10(7-12(9)14)13(17)16-6-2-3-11(16)8-15/h4-5,7,11H,2-3,6H2,1H3. The van der Waals surface area contributed by atoms with Gasteiger partial charge in [0.25, 0.3) is 5.91 Å². The van der Waals surface area contributed by atoms with Gasteiger partial charge >= 0.3 is 0 Å². The Morgan fingerprint density at radius 3 is 3.00 bits per heavy atom. The highest BCUT2D eigenvalue weighted by Crippen LogP contribution is 2.22. The summed E-state index contributed by atoms with van der Waals surface area (Å²) in [6.07, 6.45) is 1.66. The molecule has 1 aliphatic rings. The molecule has 0 aliphatic carbocycles. The fourth-order valence-corrected chi connectivity index (χ4v) is 2.22. The number of hydrogen-bond acceptors (Lipinski definition) is 2. The van der Waals surface area contributed by atoms with Crippen LogP contribution in [0.4, 0.5) is 0 Å². The molecule has 0 aromatic heterocycles. The molecule has 1 aromatic carbocycles. The van der Waals surface area contributed by atoms with Gasteiger partial charge in [-0.25, -0.2) is 0 Å². The minimum absolute atomic E-state index is 0.101. The van der Waals surface area contributed by atoms with E-state index in [0.717, 1.165) is 18.4 Å². The van der Waals surface area contributed by atoms with Crippen molar-refractivity contribution in [3.8, 4) is 6.07 Å². The molecule has 1 heterocycles. The van der Waals surface area contributed by atoms with Crippen LogP contribution in [0.5, 0.6) is 0 Å². The molecule has 1 aliphatic heterocycles. The number of carbonyl (C=O) groups excluding carboxylic acids is 1. The molecule has 2 rings (SSSR count). The van der Waals surface area contributed by atoms with Crippen molar-refractivity contribution in [1.82, 2.24) is 4.90 Å². The number of halogens is 1. The number of amides is 1. The van der Waals surface area contributed by atoms with Crippen molar-refractivity contribution in [2.24, 2.45) is 0 Å². The van der Waals surface area contributed by atoms with Crippen molar-refractivity contribution in [1.29, 1.82) is 5.26 Å². The number of rotatable bonds is 1. The van der Waals surface area contributed by atoms with Gasteiger partial charge in [-0.3, -0.25) is 4.79 Å². The minimum Gasteiger partial charge on any atom is -0.323 e. The summed E-state index contributed by atoms with van der Waals surface area (Å²) in [5.41, 5.74) is 1.50. The summed E-state index contributed by atoms with van der Waals surface area (Å²) >= 11 is 6.00. The fourth-order valence-electron chi connectivity index (χ4n) is 2.04. The number of nitriles is 1. The summed E-state index contributed by atoms with van der Waals surface area (Å²) in [4.78, 5) is 13.8. The summed E-state index contributed by atoms with van der Waals surface area (Å²) in [6.45, 7) is 2.55. The number of hydrogen-bond donors (Lipinski definition) is 0. The highest BCUT2D eigenvalue weighted by Gasteiger charge is 2.29. The lowest BCUT2D eigenvalue weighted by atomic mass is 10.1. The second kappa shape index (κ2) is 4.77. The molecule has 3 nitrogen and oxygen atoms in total. The Morgan fingerprint density at radius 1 is 1.59 bits per heavy atom. The highest BCUT2D eigenvalue weighted by atomic mass is 35.5. The molecule has 88 valence electrons. The van der Waals surface area contributed by atoms with Crippen LogP contribution in [0, 0.1) is 18.3 Å². The van der Waals surface area contributed by atoms with E-state index in [-0.39, 0.29) is 11.9 Å². The van der Waals surface area contributed by atoms with Crippen molar-refractivity contribution < 1.29 is 4.79 Å². The Kier molecular flexibility index (Phi) is 3.35. The quantitative estimate of drug-likeness (QED) is 0.767. The molecule has 0 saturated carbocycles. The number of aryl methyl sites for hydroxylation is 1. The Hall–Kier alpha value is -1.53. The molecule has 1 atom stereocenters. The molecule has 1 aromatic rings. The third-order valence-corrected chi connectivity index (χ3v) is 3.49. The summed E-state index contributed by atoms with van der Waals surface area (Å²) in [7, 11) is 0. The monoisotopic (exact) mass is 248 g/mol. The smallest absolute Gasteiger partial charge is 0.254 e. The van der Waals surface area contributed by atoms with E-state index < -0.39 is 0 Å². The van der Waals surface area contributed by atoms with Gasteiger partial charge in [0.05, 0.1) is 6.07 Å². The molecule has 1 fully saturated rings. The van der Waals surface area contributed by atoms with E-state index in [1.54, 1.807) is 17.0 Å². The van der Waals surface area contributed by atoms with Crippen LogP contribution >= 0.6 is 11.6 Å². The maximum Gasteiger partial charge on any atom is 0.254 e. The van der Waals surface area contributed by atoms with Crippen LogP contribution in [0.25, 0.3) is 0 Å². The van der Waals surface area contributed by atoms with Crippen LogP contribution in [0.15, 0.2) is 18.2 Å². The first kappa shape index (κ1) is 11.9. The Labute approximate surface area is 106 Å². The van der Waals surface area contributed by atoms with Gasteiger partial charge in [-0.2, -0.15) is 5.26 Å². The van der Waals surface area contributed by atoms with Crippen molar-refractivity contribution in [2.75, 3.05) is 6.54 Å². The molecule has 17 heavy (non-hydrogen) atoms. The first-order valence-corrected chi connectivity index (χ1v) is 5.98. The van der Waals surface area contributed by atoms with E-state index in [4.69, 9.17) is 16.9 Å². The van der Waals surface area contributed by atoms with Crippen molar-refractivity contribution in [2.45, 2.75) is 25.8 Å². The molecular formula is C13H13ClN2O. The van der Waals surface area contributed by atoms with Gasteiger partial charge in [-0.15, -0.1) is 0 Å². The predicted molar refractivity (Wildman–Crippen MR) is 65.9 cm³/mol. The largest absolute Gasteiger partial charge is 0.323 e. The van der Waals surface area contributed by atoms with Crippen LogP contribution in [0.3, 0.4) is 0 Å². The zero-order chi connectivity index (χ0) is 12.4. The predicted octanol–water partition coefficient (Wildman–Crippen LogP) is 2.78. The molecule has 1 saturated heterocycles. The van der Waals surface area contributed by atoms with E-state index in [2.05, 4.69) is 6.07 Å². The lowest BCUT2D eigenvalue weighted by Gasteiger charge is -2.19. The van der Waals surface area contributed by atoms with Gasteiger partial charge in [-0.05, 0) is 37.5 Å². The minimum atomic E-state index is -0.289. The fraction of sp³-hybridized carbons (Fsp3) is 0.385. The van der Waals surface area contributed by atoms with Gasteiger partial charge in [0.1, 0.15) is 6.04 Å². The van der Waals surface area contributed by atoms with Crippen LogP contribution < -0.4 is 0 Å². The van der Waals surface area contributed by atoms with Crippen LogP contribution in [-0.2, 0) is 0 Å². The molecular weight excluding hydrogens is 236 g/mol.